The Hall–Kier alpha value is -2.66. The standard InChI is InChI=1S/C21H20FN3O.ClH/c1-12-18(26-25-19(12)21(2,3)4)20-23-16-10-9-13(11-17(16)24-20)14-7-5-6-8-15(14)22;/h5-11H,1-4H3,(H,23,24);1H. The molecule has 2 aromatic heterocycles. The number of rotatable bonds is 2. The number of fused-ring (bicyclic) bond motifs is 1. The predicted molar refractivity (Wildman–Crippen MR) is 108 cm³/mol. The second-order valence-electron chi connectivity index (χ2n) is 7.53. The summed E-state index contributed by atoms with van der Waals surface area (Å²) in [7, 11) is 0. The largest absolute Gasteiger partial charge is 0.352 e. The quantitative estimate of drug-likeness (QED) is 0.456. The maximum absolute atomic E-state index is 14.1. The summed E-state index contributed by atoms with van der Waals surface area (Å²) in [6.07, 6.45) is 0. The number of aromatic nitrogens is 3. The smallest absolute Gasteiger partial charge is 0.205 e. The van der Waals surface area contributed by atoms with E-state index in [4.69, 9.17) is 4.52 Å². The first-order chi connectivity index (χ1) is 12.3. The molecular formula is C21H21ClFN3O. The third-order valence-corrected chi connectivity index (χ3v) is 4.52. The minimum atomic E-state index is -0.243. The molecule has 0 aliphatic rings. The molecule has 2 heterocycles. The third kappa shape index (κ3) is 3.35. The van der Waals surface area contributed by atoms with Crippen LogP contribution in [0.4, 0.5) is 4.39 Å². The van der Waals surface area contributed by atoms with Gasteiger partial charge < -0.3 is 9.51 Å². The van der Waals surface area contributed by atoms with Gasteiger partial charge in [-0.05, 0) is 30.7 Å². The molecule has 0 unspecified atom stereocenters. The highest BCUT2D eigenvalue weighted by Crippen LogP contribution is 2.33. The van der Waals surface area contributed by atoms with E-state index in [1.807, 2.05) is 31.2 Å². The first-order valence-electron chi connectivity index (χ1n) is 8.56. The number of halogens is 2. The van der Waals surface area contributed by atoms with Crippen molar-refractivity contribution >= 4 is 23.4 Å². The van der Waals surface area contributed by atoms with Gasteiger partial charge in [0.2, 0.25) is 5.76 Å². The van der Waals surface area contributed by atoms with Crippen molar-refractivity contribution in [3.8, 4) is 22.7 Å². The van der Waals surface area contributed by atoms with Crippen LogP contribution < -0.4 is 0 Å². The Labute approximate surface area is 163 Å². The molecule has 0 atom stereocenters. The average molecular weight is 386 g/mol. The second-order valence-corrected chi connectivity index (χ2v) is 7.53. The van der Waals surface area contributed by atoms with Crippen molar-refractivity contribution in [1.29, 1.82) is 0 Å². The Morgan fingerprint density at radius 2 is 1.81 bits per heavy atom. The van der Waals surface area contributed by atoms with Crippen molar-refractivity contribution in [2.45, 2.75) is 33.1 Å². The summed E-state index contributed by atoms with van der Waals surface area (Å²) in [5.74, 6) is 1.03. The fraction of sp³-hybridized carbons (Fsp3) is 0.238. The van der Waals surface area contributed by atoms with Gasteiger partial charge in [0, 0.05) is 16.5 Å². The maximum Gasteiger partial charge on any atom is 0.205 e. The zero-order chi connectivity index (χ0) is 18.5. The molecule has 0 saturated carbocycles. The van der Waals surface area contributed by atoms with Crippen LogP contribution in [-0.2, 0) is 5.41 Å². The van der Waals surface area contributed by atoms with E-state index in [-0.39, 0.29) is 23.6 Å². The highest BCUT2D eigenvalue weighted by molar-refractivity contribution is 5.85. The van der Waals surface area contributed by atoms with Gasteiger partial charge in [-0.25, -0.2) is 9.37 Å². The molecule has 0 fully saturated rings. The van der Waals surface area contributed by atoms with E-state index in [0.29, 0.717) is 17.1 Å². The van der Waals surface area contributed by atoms with Gasteiger partial charge in [0.05, 0.1) is 16.7 Å². The zero-order valence-electron chi connectivity index (χ0n) is 15.6. The van der Waals surface area contributed by atoms with Gasteiger partial charge in [-0.15, -0.1) is 12.4 Å². The van der Waals surface area contributed by atoms with Gasteiger partial charge in [0.25, 0.3) is 0 Å². The fourth-order valence-corrected chi connectivity index (χ4v) is 3.24. The highest BCUT2D eigenvalue weighted by atomic mass is 35.5. The monoisotopic (exact) mass is 385 g/mol. The lowest BCUT2D eigenvalue weighted by molar-refractivity contribution is 0.401. The van der Waals surface area contributed by atoms with Crippen molar-refractivity contribution in [3.63, 3.8) is 0 Å². The fourth-order valence-electron chi connectivity index (χ4n) is 3.24. The van der Waals surface area contributed by atoms with E-state index in [1.165, 1.54) is 6.07 Å². The van der Waals surface area contributed by atoms with Crippen molar-refractivity contribution in [1.82, 2.24) is 15.1 Å². The molecule has 0 spiro atoms. The Balaban J connectivity index is 0.00000210. The van der Waals surface area contributed by atoms with Crippen LogP contribution in [-0.4, -0.2) is 15.1 Å². The van der Waals surface area contributed by atoms with Crippen molar-refractivity contribution in [3.05, 3.63) is 59.5 Å². The molecule has 0 saturated heterocycles. The Morgan fingerprint density at radius 3 is 2.48 bits per heavy atom. The minimum absolute atomic E-state index is 0. The summed E-state index contributed by atoms with van der Waals surface area (Å²) in [5, 5.41) is 4.23. The molecule has 6 heteroatoms. The van der Waals surface area contributed by atoms with Gasteiger partial charge in [0.1, 0.15) is 5.82 Å². The van der Waals surface area contributed by atoms with Crippen molar-refractivity contribution < 1.29 is 8.91 Å². The van der Waals surface area contributed by atoms with Crippen LogP contribution in [0.25, 0.3) is 33.7 Å². The summed E-state index contributed by atoms with van der Waals surface area (Å²) < 4.78 is 19.6. The lowest BCUT2D eigenvalue weighted by atomic mass is 9.89. The molecule has 0 aliphatic heterocycles. The lowest BCUT2D eigenvalue weighted by Crippen LogP contribution is -2.13. The molecule has 0 bridgehead atoms. The van der Waals surface area contributed by atoms with Gasteiger partial charge in [-0.1, -0.05) is 50.2 Å². The lowest BCUT2D eigenvalue weighted by Gasteiger charge is -2.14. The van der Waals surface area contributed by atoms with Crippen LogP contribution in [0.2, 0.25) is 0 Å². The number of hydrogen-bond acceptors (Lipinski definition) is 3. The Kier molecular flexibility index (Phi) is 4.82. The van der Waals surface area contributed by atoms with Crippen LogP contribution in [0.3, 0.4) is 0 Å². The third-order valence-electron chi connectivity index (χ3n) is 4.52. The number of aromatic amines is 1. The summed E-state index contributed by atoms with van der Waals surface area (Å²) >= 11 is 0. The molecule has 2 aromatic carbocycles. The molecular weight excluding hydrogens is 365 g/mol. The number of imidazole rings is 1. The van der Waals surface area contributed by atoms with E-state index in [9.17, 15) is 4.39 Å². The first kappa shape index (κ1) is 19.1. The molecule has 0 aliphatic carbocycles. The molecule has 0 amide bonds. The minimum Gasteiger partial charge on any atom is -0.352 e. The summed E-state index contributed by atoms with van der Waals surface area (Å²) in [6, 6.07) is 12.4. The van der Waals surface area contributed by atoms with E-state index in [2.05, 4.69) is 35.9 Å². The molecule has 0 radical (unpaired) electrons. The normalized spacial score (nSPS) is 11.6. The molecule has 4 rings (SSSR count). The second kappa shape index (κ2) is 6.82. The number of nitrogens with one attached hydrogen (secondary N) is 1. The zero-order valence-corrected chi connectivity index (χ0v) is 16.4. The summed E-state index contributed by atoms with van der Waals surface area (Å²) in [5.41, 5.74) is 4.79. The van der Waals surface area contributed by atoms with Gasteiger partial charge in [0.15, 0.2) is 5.82 Å². The average Bonchev–Trinajstić information content (AvgIpc) is 3.17. The van der Waals surface area contributed by atoms with Gasteiger partial charge in [-0.2, -0.15) is 0 Å². The Morgan fingerprint density at radius 1 is 1.07 bits per heavy atom. The van der Waals surface area contributed by atoms with Crippen LogP contribution in [0.15, 0.2) is 47.0 Å². The first-order valence-corrected chi connectivity index (χ1v) is 8.56. The van der Waals surface area contributed by atoms with Crippen molar-refractivity contribution in [2.24, 2.45) is 0 Å². The Bertz CT molecular complexity index is 1110. The number of benzene rings is 2. The van der Waals surface area contributed by atoms with E-state index < -0.39 is 0 Å². The van der Waals surface area contributed by atoms with E-state index in [1.54, 1.807) is 12.1 Å². The predicted octanol–water partition coefficient (Wildman–Crippen LogP) is 6.05. The van der Waals surface area contributed by atoms with Gasteiger partial charge >= 0.3 is 0 Å². The summed E-state index contributed by atoms with van der Waals surface area (Å²) in [6.45, 7) is 8.28. The van der Waals surface area contributed by atoms with E-state index in [0.717, 1.165) is 27.9 Å². The number of nitrogens with zero attached hydrogens (tertiary/aromatic N) is 2. The van der Waals surface area contributed by atoms with Gasteiger partial charge in [-0.3, -0.25) is 0 Å². The van der Waals surface area contributed by atoms with Crippen molar-refractivity contribution in [2.75, 3.05) is 0 Å². The van der Waals surface area contributed by atoms with Crippen LogP contribution in [0.5, 0.6) is 0 Å². The molecule has 27 heavy (non-hydrogen) atoms. The maximum atomic E-state index is 14.1. The van der Waals surface area contributed by atoms with Crippen LogP contribution in [0, 0.1) is 12.7 Å². The highest BCUT2D eigenvalue weighted by Gasteiger charge is 2.25. The topological polar surface area (TPSA) is 54.7 Å². The molecule has 140 valence electrons. The van der Waals surface area contributed by atoms with E-state index >= 15 is 0 Å². The van der Waals surface area contributed by atoms with Crippen LogP contribution >= 0.6 is 12.4 Å². The molecule has 4 nitrogen and oxygen atoms in total. The number of H-pyrrole nitrogens is 1. The molecule has 1 N–H and O–H groups in total. The summed E-state index contributed by atoms with van der Waals surface area (Å²) in [4.78, 5) is 7.89. The SMILES string of the molecule is Cc1c(C(C)(C)C)noc1-c1nc2ccc(-c3ccccc3F)cc2[nH]1.Cl. The van der Waals surface area contributed by atoms with Crippen LogP contribution in [0.1, 0.15) is 32.0 Å². The molecule has 4 aromatic rings. The number of hydrogen-bond donors (Lipinski definition) is 1.